The zero-order chi connectivity index (χ0) is 7.07. The van der Waals surface area contributed by atoms with Gasteiger partial charge in [-0.1, -0.05) is 36.7 Å². The van der Waals surface area contributed by atoms with E-state index < -0.39 is 0 Å². The van der Waals surface area contributed by atoms with Crippen LogP contribution in [0.15, 0.2) is 0 Å². The number of rotatable bonds is 2. The van der Waals surface area contributed by atoms with E-state index in [9.17, 15) is 0 Å². The molecule has 2 unspecified atom stereocenters. The van der Waals surface area contributed by atoms with Gasteiger partial charge in [0.2, 0.25) is 0 Å². The summed E-state index contributed by atoms with van der Waals surface area (Å²) in [7, 11) is 0. The highest BCUT2D eigenvalue weighted by molar-refractivity contribution is 9.09. The molecule has 0 aromatic carbocycles. The van der Waals surface area contributed by atoms with E-state index in [0.717, 1.165) is 11.8 Å². The maximum atomic E-state index is 3.57. The van der Waals surface area contributed by atoms with E-state index >= 15 is 0 Å². The van der Waals surface area contributed by atoms with Gasteiger partial charge < -0.3 is 0 Å². The third-order valence-corrected chi connectivity index (χ3v) is 3.95. The standard InChI is InChI=1S/C8H15Br/c1-6(2)8(5-9)4-7(8)3/h6-7H,4-5H2,1-3H3. The molecule has 0 nitrogen and oxygen atoms in total. The fraction of sp³-hybridized carbons (Fsp3) is 1.00. The summed E-state index contributed by atoms with van der Waals surface area (Å²) in [5.74, 6) is 1.81. The lowest BCUT2D eigenvalue weighted by molar-refractivity contribution is 0.376. The van der Waals surface area contributed by atoms with Crippen molar-refractivity contribution in [3.63, 3.8) is 0 Å². The monoisotopic (exact) mass is 190 g/mol. The van der Waals surface area contributed by atoms with E-state index in [1.54, 1.807) is 0 Å². The molecule has 0 aromatic heterocycles. The molecular weight excluding hydrogens is 176 g/mol. The third-order valence-electron chi connectivity index (χ3n) is 2.91. The van der Waals surface area contributed by atoms with Gasteiger partial charge in [0.25, 0.3) is 0 Å². The van der Waals surface area contributed by atoms with Gasteiger partial charge in [0.15, 0.2) is 0 Å². The Balaban J connectivity index is 2.52. The van der Waals surface area contributed by atoms with E-state index in [1.807, 2.05) is 0 Å². The molecule has 0 heterocycles. The fourth-order valence-electron chi connectivity index (χ4n) is 1.66. The molecule has 1 aliphatic carbocycles. The summed E-state index contributed by atoms with van der Waals surface area (Å²) in [6, 6.07) is 0. The molecule has 9 heavy (non-hydrogen) atoms. The molecule has 0 bridgehead atoms. The Hall–Kier alpha value is 0.480. The SMILES string of the molecule is CC(C)C1(CBr)CC1C. The lowest BCUT2D eigenvalue weighted by Crippen LogP contribution is -2.12. The summed E-state index contributed by atoms with van der Waals surface area (Å²) in [6.45, 7) is 7.00. The normalized spacial score (nSPS) is 41.7. The molecule has 0 N–H and O–H groups in total. The minimum atomic E-state index is 0.667. The van der Waals surface area contributed by atoms with Crippen molar-refractivity contribution in [2.45, 2.75) is 27.2 Å². The average molecular weight is 191 g/mol. The summed E-state index contributed by atoms with van der Waals surface area (Å²) in [6.07, 6.45) is 1.43. The van der Waals surface area contributed by atoms with Crippen molar-refractivity contribution in [3.8, 4) is 0 Å². The van der Waals surface area contributed by atoms with Crippen LogP contribution in [0.4, 0.5) is 0 Å². The van der Waals surface area contributed by atoms with Gasteiger partial charge in [-0.3, -0.25) is 0 Å². The van der Waals surface area contributed by atoms with Gasteiger partial charge in [-0.15, -0.1) is 0 Å². The van der Waals surface area contributed by atoms with Crippen LogP contribution in [0, 0.1) is 17.3 Å². The number of hydrogen-bond acceptors (Lipinski definition) is 0. The van der Waals surface area contributed by atoms with Crippen molar-refractivity contribution in [2.75, 3.05) is 5.33 Å². The molecule has 1 rings (SSSR count). The van der Waals surface area contributed by atoms with Crippen LogP contribution < -0.4 is 0 Å². The van der Waals surface area contributed by atoms with Crippen molar-refractivity contribution in [2.24, 2.45) is 17.3 Å². The van der Waals surface area contributed by atoms with Gasteiger partial charge in [0.1, 0.15) is 0 Å². The fourth-order valence-corrected chi connectivity index (χ4v) is 3.09. The van der Waals surface area contributed by atoms with E-state index in [1.165, 1.54) is 11.8 Å². The number of alkyl halides is 1. The van der Waals surface area contributed by atoms with Crippen molar-refractivity contribution in [3.05, 3.63) is 0 Å². The third kappa shape index (κ3) is 1.04. The summed E-state index contributed by atoms with van der Waals surface area (Å²) >= 11 is 3.57. The van der Waals surface area contributed by atoms with E-state index in [-0.39, 0.29) is 0 Å². The van der Waals surface area contributed by atoms with E-state index in [4.69, 9.17) is 0 Å². The van der Waals surface area contributed by atoms with Crippen molar-refractivity contribution >= 4 is 15.9 Å². The number of halogens is 1. The van der Waals surface area contributed by atoms with Crippen LogP contribution in [0.25, 0.3) is 0 Å². The van der Waals surface area contributed by atoms with E-state index in [0.29, 0.717) is 5.41 Å². The van der Waals surface area contributed by atoms with Gasteiger partial charge in [0.05, 0.1) is 0 Å². The minimum Gasteiger partial charge on any atom is -0.0922 e. The molecule has 1 fully saturated rings. The highest BCUT2D eigenvalue weighted by atomic mass is 79.9. The molecule has 0 spiro atoms. The highest BCUT2D eigenvalue weighted by Crippen LogP contribution is 2.58. The Morgan fingerprint density at radius 3 is 2.11 bits per heavy atom. The molecule has 1 heteroatoms. The van der Waals surface area contributed by atoms with Crippen LogP contribution in [0.2, 0.25) is 0 Å². The lowest BCUT2D eigenvalue weighted by atomic mass is 9.92. The zero-order valence-corrected chi connectivity index (χ0v) is 8.03. The highest BCUT2D eigenvalue weighted by Gasteiger charge is 2.51. The zero-order valence-electron chi connectivity index (χ0n) is 6.45. The molecule has 0 aromatic rings. The largest absolute Gasteiger partial charge is 0.0922 e. The van der Waals surface area contributed by atoms with Crippen molar-refractivity contribution < 1.29 is 0 Å². The minimum absolute atomic E-state index is 0.667. The quantitative estimate of drug-likeness (QED) is 0.588. The second kappa shape index (κ2) is 2.26. The predicted molar refractivity (Wildman–Crippen MR) is 44.8 cm³/mol. The summed E-state index contributed by atoms with van der Waals surface area (Å²) < 4.78 is 0. The topological polar surface area (TPSA) is 0 Å². The summed E-state index contributed by atoms with van der Waals surface area (Å²) in [4.78, 5) is 0. The summed E-state index contributed by atoms with van der Waals surface area (Å²) in [5.41, 5.74) is 0.667. The Kier molecular flexibility index (Phi) is 1.91. The van der Waals surface area contributed by atoms with Crippen LogP contribution in [0.1, 0.15) is 27.2 Å². The smallest absolute Gasteiger partial charge is 0.00930 e. The van der Waals surface area contributed by atoms with Gasteiger partial charge in [-0.2, -0.15) is 0 Å². The Morgan fingerprint density at radius 2 is 2.11 bits per heavy atom. The first-order valence-electron chi connectivity index (χ1n) is 3.69. The molecule has 0 saturated heterocycles. The average Bonchev–Trinajstić information content (AvgIpc) is 2.43. The first kappa shape index (κ1) is 7.59. The molecule has 0 radical (unpaired) electrons. The Bertz CT molecular complexity index is 105. The second-order valence-electron chi connectivity index (χ2n) is 3.63. The molecular formula is C8H15Br. The predicted octanol–water partition coefficient (Wildman–Crippen LogP) is 3.06. The molecule has 54 valence electrons. The van der Waals surface area contributed by atoms with Crippen LogP contribution in [-0.2, 0) is 0 Å². The van der Waals surface area contributed by atoms with Crippen molar-refractivity contribution in [1.82, 2.24) is 0 Å². The van der Waals surface area contributed by atoms with Crippen molar-refractivity contribution in [1.29, 1.82) is 0 Å². The lowest BCUT2D eigenvalue weighted by Gasteiger charge is -2.16. The second-order valence-corrected chi connectivity index (χ2v) is 4.19. The maximum Gasteiger partial charge on any atom is 0.00930 e. The van der Waals surface area contributed by atoms with Gasteiger partial charge in [-0.25, -0.2) is 0 Å². The number of hydrogen-bond donors (Lipinski definition) is 0. The van der Waals surface area contributed by atoms with E-state index in [2.05, 4.69) is 36.7 Å². The Morgan fingerprint density at radius 1 is 1.67 bits per heavy atom. The van der Waals surface area contributed by atoms with Crippen LogP contribution >= 0.6 is 15.9 Å². The Labute approximate surface area is 66.2 Å². The summed E-state index contributed by atoms with van der Waals surface area (Å²) in [5, 5.41) is 1.19. The molecule has 1 saturated carbocycles. The van der Waals surface area contributed by atoms with Crippen LogP contribution in [0.3, 0.4) is 0 Å². The molecule has 0 aliphatic heterocycles. The maximum absolute atomic E-state index is 3.57. The van der Waals surface area contributed by atoms with Gasteiger partial charge in [-0.05, 0) is 23.7 Å². The van der Waals surface area contributed by atoms with Gasteiger partial charge in [0, 0.05) is 5.33 Å². The van der Waals surface area contributed by atoms with Gasteiger partial charge >= 0.3 is 0 Å². The molecule has 1 aliphatic rings. The van der Waals surface area contributed by atoms with Crippen LogP contribution in [-0.4, -0.2) is 5.33 Å². The first-order valence-corrected chi connectivity index (χ1v) is 4.81. The molecule has 2 atom stereocenters. The molecule has 0 amide bonds. The van der Waals surface area contributed by atoms with Crippen LogP contribution in [0.5, 0.6) is 0 Å². The first-order chi connectivity index (χ1) is 4.13.